The summed E-state index contributed by atoms with van der Waals surface area (Å²) in [5.41, 5.74) is 2.56. The highest BCUT2D eigenvalue weighted by atomic mass is 19.1. The van der Waals surface area contributed by atoms with Gasteiger partial charge in [-0.15, -0.1) is 10.2 Å². The number of amides is 1. The van der Waals surface area contributed by atoms with Crippen molar-refractivity contribution in [2.75, 3.05) is 38.0 Å². The van der Waals surface area contributed by atoms with Gasteiger partial charge in [0.15, 0.2) is 0 Å². The number of carbonyl (C=O) groups excluding carboxylic acids is 1. The minimum atomic E-state index is -0.369. The minimum absolute atomic E-state index is 0.00466. The zero-order valence-corrected chi connectivity index (χ0v) is 17.7. The molecule has 0 bridgehead atoms. The van der Waals surface area contributed by atoms with Gasteiger partial charge in [-0.3, -0.25) is 14.6 Å². The summed E-state index contributed by atoms with van der Waals surface area (Å²) in [6, 6.07) is 13.9. The van der Waals surface area contributed by atoms with Crippen molar-refractivity contribution in [3.8, 4) is 11.5 Å². The zero-order valence-electron chi connectivity index (χ0n) is 17.7. The van der Waals surface area contributed by atoms with Gasteiger partial charge in [-0.05, 0) is 44.2 Å². The van der Waals surface area contributed by atoms with Gasteiger partial charge >= 0.3 is 0 Å². The van der Waals surface area contributed by atoms with E-state index in [1.807, 2.05) is 31.2 Å². The summed E-state index contributed by atoms with van der Waals surface area (Å²) >= 11 is 0. The Hall–Kier alpha value is -3.10. The molecule has 1 aromatic heterocycles. The Balaban J connectivity index is 1.28. The predicted octanol–water partition coefficient (Wildman–Crippen LogP) is 3.50. The molecule has 31 heavy (non-hydrogen) atoms. The number of hydrogen-bond acceptors (Lipinski definition) is 6. The number of hydrogen-bond donors (Lipinski definition) is 1. The van der Waals surface area contributed by atoms with Gasteiger partial charge in [-0.25, -0.2) is 4.39 Å². The van der Waals surface area contributed by atoms with E-state index in [1.54, 1.807) is 12.1 Å². The van der Waals surface area contributed by atoms with Crippen LogP contribution in [0.5, 0.6) is 0 Å². The van der Waals surface area contributed by atoms with E-state index in [2.05, 4.69) is 32.2 Å². The maximum absolute atomic E-state index is 13.3. The molecular formula is C23H26FN5O2. The average molecular weight is 423 g/mol. The molecule has 7 nitrogen and oxygen atoms in total. The summed E-state index contributed by atoms with van der Waals surface area (Å²) in [4.78, 5) is 16.6. The molecule has 0 aliphatic carbocycles. The van der Waals surface area contributed by atoms with Crippen molar-refractivity contribution in [1.82, 2.24) is 20.0 Å². The standard InChI is InChI=1S/C23H26FN5O2/c1-16-6-8-18(9-7-16)23-27-26-22(31-23)17(2)29-12-10-28(11-13-29)15-21(30)25-20-5-3-4-19(24)14-20/h3-9,14,17H,10-13,15H2,1-2H3,(H,25,30)/t17-/m1/s1. The van der Waals surface area contributed by atoms with Gasteiger partial charge in [0.2, 0.25) is 17.7 Å². The molecule has 0 radical (unpaired) electrons. The Morgan fingerprint density at radius 1 is 1.13 bits per heavy atom. The molecule has 8 heteroatoms. The molecule has 2 aromatic carbocycles. The lowest BCUT2D eigenvalue weighted by Crippen LogP contribution is -2.49. The molecule has 0 spiro atoms. The third kappa shape index (κ3) is 5.34. The monoisotopic (exact) mass is 423 g/mol. The fourth-order valence-electron chi connectivity index (χ4n) is 3.65. The molecule has 4 rings (SSSR count). The summed E-state index contributed by atoms with van der Waals surface area (Å²) in [5, 5.41) is 11.2. The van der Waals surface area contributed by atoms with Crippen molar-refractivity contribution in [1.29, 1.82) is 0 Å². The molecule has 1 aliphatic rings. The van der Waals surface area contributed by atoms with Crippen LogP contribution in [0.3, 0.4) is 0 Å². The SMILES string of the molecule is Cc1ccc(-c2nnc([C@@H](C)N3CCN(CC(=O)Nc4cccc(F)c4)CC3)o2)cc1. The Labute approximate surface area is 180 Å². The van der Waals surface area contributed by atoms with E-state index in [1.165, 1.54) is 17.7 Å². The Bertz CT molecular complexity index is 1030. The molecular weight excluding hydrogens is 397 g/mol. The number of nitrogens with zero attached hydrogens (tertiary/aromatic N) is 4. The summed E-state index contributed by atoms with van der Waals surface area (Å²) < 4.78 is 19.2. The van der Waals surface area contributed by atoms with Crippen LogP contribution in [0.2, 0.25) is 0 Å². The van der Waals surface area contributed by atoms with E-state index in [4.69, 9.17) is 4.42 Å². The fourth-order valence-corrected chi connectivity index (χ4v) is 3.65. The smallest absolute Gasteiger partial charge is 0.247 e. The van der Waals surface area contributed by atoms with Crippen molar-refractivity contribution in [3.05, 3.63) is 65.8 Å². The largest absolute Gasteiger partial charge is 0.419 e. The first-order valence-electron chi connectivity index (χ1n) is 10.4. The van der Waals surface area contributed by atoms with Crippen molar-refractivity contribution < 1.29 is 13.6 Å². The lowest BCUT2D eigenvalue weighted by molar-refractivity contribution is -0.117. The van der Waals surface area contributed by atoms with Crippen molar-refractivity contribution in [2.45, 2.75) is 19.9 Å². The Morgan fingerprint density at radius 3 is 2.58 bits per heavy atom. The van der Waals surface area contributed by atoms with Crippen LogP contribution in [-0.2, 0) is 4.79 Å². The van der Waals surface area contributed by atoms with Gasteiger partial charge in [-0.2, -0.15) is 0 Å². The summed E-state index contributed by atoms with van der Waals surface area (Å²) in [6.07, 6.45) is 0. The van der Waals surface area contributed by atoms with Gasteiger partial charge < -0.3 is 9.73 Å². The van der Waals surface area contributed by atoms with Gasteiger partial charge in [-0.1, -0.05) is 23.8 Å². The third-order valence-corrected chi connectivity index (χ3v) is 5.53. The van der Waals surface area contributed by atoms with Gasteiger partial charge in [0.05, 0.1) is 12.6 Å². The van der Waals surface area contributed by atoms with Crippen molar-refractivity contribution in [2.24, 2.45) is 0 Å². The number of aryl methyl sites for hydroxylation is 1. The summed E-state index contributed by atoms with van der Waals surface area (Å²) in [5.74, 6) is 0.598. The van der Waals surface area contributed by atoms with Crippen LogP contribution in [0.15, 0.2) is 52.9 Å². The fraction of sp³-hybridized carbons (Fsp3) is 0.348. The van der Waals surface area contributed by atoms with E-state index in [0.717, 1.165) is 31.7 Å². The van der Waals surface area contributed by atoms with E-state index in [-0.39, 0.29) is 24.3 Å². The van der Waals surface area contributed by atoms with E-state index in [9.17, 15) is 9.18 Å². The minimum Gasteiger partial charge on any atom is -0.419 e. The second kappa shape index (κ2) is 9.36. The summed E-state index contributed by atoms with van der Waals surface area (Å²) in [7, 11) is 0. The Morgan fingerprint density at radius 2 is 1.87 bits per heavy atom. The number of nitrogens with one attached hydrogen (secondary N) is 1. The topological polar surface area (TPSA) is 74.5 Å². The molecule has 1 aliphatic heterocycles. The van der Waals surface area contributed by atoms with E-state index in [0.29, 0.717) is 17.5 Å². The average Bonchev–Trinajstić information content (AvgIpc) is 3.24. The number of aromatic nitrogens is 2. The highest BCUT2D eigenvalue weighted by molar-refractivity contribution is 5.92. The molecule has 0 unspecified atom stereocenters. The molecule has 1 atom stereocenters. The lowest BCUT2D eigenvalue weighted by Gasteiger charge is -2.36. The number of rotatable bonds is 6. The van der Waals surface area contributed by atoms with Crippen LogP contribution < -0.4 is 5.32 Å². The zero-order chi connectivity index (χ0) is 21.8. The van der Waals surface area contributed by atoms with E-state index < -0.39 is 0 Å². The second-order valence-corrected chi connectivity index (χ2v) is 7.86. The molecule has 2 heterocycles. The van der Waals surface area contributed by atoms with Crippen LogP contribution >= 0.6 is 0 Å². The Kier molecular flexibility index (Phi) is 6.39. The molecule has 0 saturated carbocycles. The number of carbonyl (C=O) groups is 1. The first kappa shape index (κ1) is 21.1. The van der Waals surface area contributed by atoms with Crippen LogP contribution in [0.4, 0.5) is 10.1 Å². The van der Waals surface area contributed by atoms with Gasteiger partial charge in [0, 0.05) is 37.4 Å². The van der Waals surface area contributed by atoms with Crippen LogP contribution in [-0.4, -0.2) is 58.6 Å². The second-order valence-electron chi connectivity index (χ2n) is 7.86. The number of piperazine rings is 1. The quantitative estimate of drug-likeness (QED) is 0.654. The molecule has 1 amide bonds. The van der Waals surface area contributed by atoms with E-state index >= 15 is 0 Å². The first-order valence-corrected chi connectivity index (χ1v) is 10.4. The number of halogens is 1. The molecule has 1 N–H and O–H groups in total. The highest BCUT2D eigenvalue weighted by Crippen LogP contribution is 2.25. The third-order valence-electron chi connectivity index (χ3n) is 5.53. The normalized spacial score (nSPS) is 16.2. The molecule has 1 saturated heterocycles. The number of benzene rings is 2. The molecule has 3 aromatic rings. The number of anilines is 1. The maximum atomic E-state index is 13.3. The molecule has 162 valence electrons. The summed E-state index contributed by atoms with van der Waals surface area (Å²) in [6.45, 7) is 7.44. The molecule has 1 fully saturated rings. The van der Waals surface area contributed by atoms with Gasteiger partial charge in [0.25, 0.3) is 0 Å². The lowest BCUT2D eigenvalue weighted by atomic mass is 10.1. The van der Waals surface area contributed by atoms with Crippen LogP contribution in [0.25, 0.3) is 11.5 Å². The first-order chi connectivity index (χ1) is 15.0. The van der Waals surface area contributed by atoms with Crippen LogP contribution in [0.1, 0.15) is 24.4 Å². The van der Waals surface area contributed by atoms with Crippen LogP contribution in [0, 0.1) is 12.7 Å². The predicted molar refractivity (Wildman–Crippen MR) is 116 cm³/mol. The highest BCUT2D eigenvalue weighted by Gasteiger charge is 2.26. The van der Waals surface area contributed by atoms with Gasteiger partial charge in [0.1, 0.15) is 5.82 Å². The van der Waals surface area contributed by atoms with Crippen molar-refractivity contribution >= 4 is 11.6 Å². The van der Waals surface area contributed by atoms with Crippen molar-refractivity contribution in [3.63, 3.8) is 0 Å². The maximum Gasteiger partial charge on any atom is 0.247 e.